The molecular formula is C38H47BrN10O9S2. The third-order valence-electron chi connectivity index (χ3n) is 8.85. The average Bonchev–Trinajstić information content (AvgIpc) is 3.85. The van der Waals surface area contributed by atoms with Crippen molar-refractivity contribution in [2.24, 2.45) is 5.16 Å². The molecule has 322 valence electrons. The van der Waals surface area contributed by atoms with Crippen LogP contribution in [-0.2, 0) is 48.4 Å². The number of hydrogen-bond acceptors (Lipinski definition) is 16. The molecule has 2 aliphatic rings. The summed E-state index contributed by atoms with van der Waals surface area (Å²) in [6.07, 6.45) is 3.71. The Hall–Kier alpha value is -5.16. The number of pyridine rings is 1. The van der Waals surface area contributed by atoms with Crippen LogP contribution in [0.3, 0.4) is 0 Å². The van der Waals surface area contributed by atoms with Crippen LogP contribution in [-0.4, -0.2) is 115 Å². The van der Waals surface area contributed by atoms with Crippen LogP contribution in [0.4, 0.5) is 9.93 Å². The summed E-state index contributed by atoms with van der Waals surface area (Å²) in [5, 5.41) is 20.8. The first-order valence-electron chi connectivity index (χ1n) is 18.9. The van der Waals surface area contributed by atoms with Gasteiger partial charge in [-0.15, -0.1) is 11.8 Å². The maximum absolute atomic E-state index is 14.1. The number of amides is 3. The number of oxime groups is 1. The molecule has 2 unspecified atom stereocenters. The number of benzene rings is 1. The summed E-state index contributed by atoms with van der Waals surface area (Å²) in [6, 6.07) is 9.93. The topological polar surface area (TPSA) is 225 Å². The molecule has 1 aromatic carbocycles. The van der Waals surface area contributed by atoms with Gasteiger partial charge in [-0.05, 0) is 75.5 Å². The van der Waals surface area contributed by atoms with Crippen LogP contribution in [0.1, 0.15) is 45.5 Å². The lowest BCUT2D eigenvalue weighted by molar-refractivity contribution is -0.664. The van der Waals surface area contributed by atoms with Crippen molar-refractivity contribution in [2.75, 3.05) is 44.5 Å². The highest BCUT2D eigenvalue weighted by Crippen LogP contribution is 2.41. The Morgan fingerprint density at radius 2 is 1.92 bits per heavy atom. The molecule has 0 spiro atoms. The van der Waals surface area contributed by atoms with Crippen molar-refractivity contribution in [3.8, 4) is 5.75 Å². The third kappa shape index (κ3) is 11.2. The highest BCUT2D eigenvalue weighted by molar-refractivity contribution is 8.00. The first-order valence-corrected chi connectivity index (χ1v) is 20.7. The van der Waals surface area contributed by atoms with Crippen LogP contribution >= 0.6 is 23.3 Å². The van der Waals surface area contributed by atoms with Crippen LogP contribution in [0.25, 0.3) is 11.2 Å². The third-order valence-corrected chi connectivity index (χ3v) is 10.8. The van der Waals surface area contributed by atoms with E-state index in [0.29, 0.717) is 35.8 Å². The van der Waals surface area contributed by atoms with Gasteiger partial charge < -0.3 is 56.3 Å². The number of aromatic nitrogens is 5. The summed E-state index contributed by atoms with van der Waals surface area (Å²) in [5.41, 5.74) is 1.99. The van der Waals surface area contributed by atoms with E-state index < -0.39 is 40.9 Å². The van der Waals surface area contributed by atoms with Gasteiger partial charge in [0, 0.05) is 35.9 Å². The number of imidazole rings is 1. The van der Waals surface area contributed by atoms with E-state index in [1.54, 1.807) is 65.4 Å². The SMILES string of the molecule is CCO/N=C(\C(=O)NC1C(=O)N2C(C(=O)OCc3ccc(OC)cc3)=C(C[n+]3cccc4c3ncn4CCCNCCO)CSC12)c1nsc(NC(=O)OC(C)(C)C)n1.[Br-]. The van der Waals surface area contributed by atoms with Crippen LogP contribution in [0.5, 0.6) is 5.75 Å². The number of aliphatic hydroxyl groups is 1. The Morgan fingerprint density at radius 3 is 2.63 bits per heavy atom. The van der Waals surface area contributed by atoms with Gasteiger partial charge in [-0.25, -0.2) is 14.2 Å². The number of rotatable bonds is 18. The minimum Gasteiger partial charge on any atom is -1.00 e. The number of fused-ring (bicyclic) bond motifs is 2. The molecule has 0 bridgehead atoms. The summed E-state index contributed by atoms with van der Waals surface area (Å²) in [5.74, 6) is -1.16. The second-order valence-corrected chi connectivity index (χ2v) is 16.1. The molecule has 0 saturated carbocycles. The first kappa shape index (κ1) is 45.9. The van der Waals surface area contributed by atoms with Gasteiger partial charge in [0.25, 0.3) is 11.8 Å². The number of carbonyl (C=O) groups excluding carboxylic acids is 4. The fraction of sp³-hybridized carbons (Fsp3) is 0.447. The van der Waals surface area contributed by atoms with Crippen molar-refractivity contribution in [1.82, 2.24) is 34.4 Å². The first-order chi connectivity index (χ1) is 28.4. The summed E-state index contributed by atoms with van der Waals surface area (Å²) in [4.78, 5) is 69.6. The van der Waals surface area contributed by atoms with E-state index in [1.807, 2.05) is 27.5 Å². The van der Waals surface area contributed by atoms with Crippen molar-refractivity contribution in [2.45, 2.75) is 70.8 Å². The Morgan fingerprint density at radius 1 is 1.13 bits per heavy atom. The van der Waals surface area contributed by atoms with Crippen LogP contribution < -0.4 is 42.2 Å². The molecule has 19 nitrogen and oxygen atoms in total. The molecule has 0 radical (unpaired) electrons. The normalized spacial score (nSPS) is 16.4. The molecule has 2 atom stereocenters. The van der Waals surface area contributed by atoms with E-state index in [-0.39, 0.29) is 65.7 Å². The number of hydrogen-bond donors (Lipinski definition) is 4. The van der Waals surface area contributed by atoms with Gasteiger partial charge in [-0.1, -0.05) is 17.3 Å². The quantitative estimate of drug-likeness (QED) is 0.0243. The van der Waals surface area contributed by atoms with E-state index in [0.717, 1.165) is 35.6 Å². The number of thioether (sulfide) groups is 1. The zero-order chi connectivity index (χ0) is 42.1. The Kier molecular flexibility index (Phi) is 16.0. The molecular weight excluding hydrogens is 885 g/mol. The summed E-state index contributed by atoms with van der Waals surface area (Å²) in [7, 11) is 1.56. The second kappa shape index (κ2) is 20.9. The number of aryl methyl sites for hydroxylation is 1. The van der Waals surface area contributed by atoms with Crippen LogP contribution in [0.2, 0.25) is 0 Å². The smallest absolute Gasteiger partial charge is 0.414 e. The fourth-order valence-electron chi connectivity index (χ4n) is 6.19. The summed E-state index contributed by atoms with van der Waals surface area (Å²) in [6.45, 7) is 9.19. The summed E-state index contributed by atoms with van der Waals surface area (Å²) < 4.78 is 24.5. The number of esters is 1. The number of nitrogens with zero attached hydrogens (tertiary/aromatic N) is 7. The minimum absolute atomic E-state index is 0. The Balaban J connectivity index is 0.00000683. The van der Waals surface area contributed by atoms with Crippen LogP contribution in [0.15, 0.2) is 65.3 Å². The van der Waals surface area contributed by atoms with E-state index in [9.17, 15) is 19.2 Å². The molecule has 4 N–H and O–H groups in total. The van der Waals surface area contributed by atoms with Crippen molar-refractivity contribution < 1.29 is 64.9 Å². The second-order valence-electron chi connectivity index (χ2n) is 14.3. The van der Waals surface area contributed by atoms with Gasteiger partial charge >= 0.3 is 17.7 Å². The molecule has 1 fully saturated rings. The number of aliphatic hydroxyl groups excluding tert-OH is 1. The van der Waals surface area contributed by atoms with Crippen molar-refractivity contribution in [3.63, 3.8) is 0 Å². The number of ether oxygens (including phenoxy) is 3. The Bertz CT molecular complexity index is 2230. The maximum atomic E-state index is 14.1. The molecule has 60 heavy (non-hydrogen) atoms. The van der Waals surface area contributed by atoms with E-state index in [2.05, 4.69) is 35.4 Å². The van der Waals surface area contributed by atoms with E-state index in [4.69, 9.17) is 24.2 Å². The number of carbonyl (C=O) groups is 4. The number of anilines is 1. The van der Waals surface area contributed by atoms with Crippen molar-refractivity contribution in [1.29, 1.82) is 0 Å². The average molecular weight is 932 g/mol. The molecule has 0 aliphatic carbocycles. The zero-order valence-electron chi connectivity index (χ0n) is 33.7. The van der Waals surface area contributed by atoms with E-state index in [1.165, 1.54) is 16.7 Å². The summed E-state index contributed by atoms with van der Waals surface area (Å²) >= 11 is 2.19. The lowest BCUT2D eigenvalue weighted by Crippen LogP contribution is -3.00. The van der Waals surface area contributed by atoms with Crippen molar-refractivity contribution >= 4 is 69.2 Å². The lowest BCUT2D eigenvalue weighted by Gasteiger charge is -2.49. The van der Waals surface area contributed by atoms with Crippen molar-refractivity contribution in [3.05, 3.63) is 71.6 Å². The Labute approximate surface area is 364 Å². The highest BCUT2D eigenvalue weighted by Gasteiger charge is 2.55. The highest BCUT2D eigenvalue weighted by atomic mass is 79.9. The molecule has 22 heteroatoms. The van der Waals surface area contributed by atoms with Gasteiger partial charge in [-0.2, -0.15) is 9.36 Å². The van der Waals surface area contributed by atoms with Gasteiger partial charge in [0.2, 0.25) is 23.0 Å². The standard InChI is InChI=1S/C38H46N10O9S2.BrH/c1-6-56-44-27(30-42-36(59-45-30)43-37(53)57-38(2,3)4)32(50)41-28-33(51)48-29(35(52)55-20-23-10-12-25(54-5)13-11-23)24(21-58-34(28)48)19-46-16-7-9-26-31(46)40-22-47(26)17-8-14-39-15-18-49;/h7,9-13,16,22,28,34,39,49H,6,8,14-15,17-21H2,1-5H3,(H-,41,42,43,45,50,53);1H/b44-27-;. The number of methoxy groups -OCH3 is 1. The molecule has 6 rings (SSSR count). The molecule has 3 amide bonds. The number of halogens is 1. The molecule has 4 aromatic rings. The van der Waals surface area contributed by atoms with Gasteiger partial charge in [0.05, 0.1) is 19.9 Å². The van der Waals surface area contributed by atoms with Gasteiger partial charge in [0.1, 0.15) is 53.7 Å². The molecule has 1 saturated heterocycles. The van der Waals surface area contributed by atoms with Crippen LogP contribution in [0, 0.1) is 0 Å². The largest absolute Gasteiger partial charge is 1.00 e. The molecule has 3 aromatic heterocycles. The predicted octanol–water partition coefficient (Wildman–Crippen LogP) is -0.655. The van der Waals surface area contributed by atoms with Gasteiger partial charge in [-0.3, -0.25) is 19.8 Å². The number of β-lactam (4-membered cyclic amide) rings is 1. The molecule has 5 heterocycles. The minimum atomic E-state index is -1.04. The number of nitrogens with one attached hydrogen (secondary N) is 3. The zero-order valence-corrected chi connectivity index (χ0v) is 36.9. The predicted molar refractivity (Wildman–Crippen MR) is 217 cm³/mol. The maximum Gasteiger partial charge on any atom is 0.414 e. The van der Waals surface area contributed by atoms with E-state index >= 15 is 0 Å². The van der Waals surface area contributed by atoms with Gasteiger partial charge in [0.15, 0.2) is 0 Å². The molecule has 2 aliphatic heterocycles. The monoisotopic (exact) mass is 930 g/mol. The fourth-order valence-corrected chi connectivity index (χ4v) is 8.08. The lowest BCUT2D eigenvalue weighted by atomic mass is 10.0.